The van der Waals surface area contributed by atoms with Gasteiger partial charge in [-0.25, -0.2) is 0 Å². The summed E-state index contributed by atoms with van der Waals surface area (Å²) in [6.07, 6.45) is 3.89. The second kappa shape index (κ2) is 5.79. The molecule has 1 amide bonds. The van der Waals surface area contributed by atoms with E-state index in [9.17, 15) is 9.00 Å². The maximum Gasteiger partial charge on any atom is 0.254 e. The summed E-state index contributed by atoms with van der Waals surface area (Å²) >= 11 is 0. The molecular weight excluding hydrogens is 226 g/mol. The lowest BCUT2D eigenvalue weighted by Gasteiger charge is -2.08. The maximum atomic E-state index is 11.6. The first-order valence-electron chi connectivity index (χ1n) is 5.12. The maximum absolute atomic E-state index is 11.6. The minimum absolute atomic E-state index is 0.103. The molecule has 2 N–H and O–H groups in total. The number of carbonyl (C=O) groups excluding carboxylic acids is 1. The van der Waals surface area contributed by atoms with Gasteiger partial charge in [0, 0.05) is 34.5 Å². The van der Waals surface area contributed by atoms with Crippen LogP contribution in [0.25, 0.3) is 0 Å². The van der Waals surface area contributed by atoms with Crippen molar-refractivity contribution in [3.05, 3.63) is 17.5 Å². The van der Waals surface area contributed by atoms with E-state index in [2.05, 4.69) is 15.5 Å². The highest BCUT2D eigenvalue weighted by molar-refractivity contribution is 7.84. The number of aromatic amines is 1. The van der Waals surface area contributed by atoms with Crippen LogP contribution < -0.4 is 5.32 Å². The zero-order valence-electron chi connectivity index (χ0n) is 9.74. The van der Waals surface area contributed by atoms with Gasteiger partial charge in [0.25, 0.3) is 5.91 Å². The van der Waals surface area contributed by atoms with Gasteiger partial charge < -0.3 is 5.32 Å². The summed E-state index contributed by atoms with van der Waals surface area (Å²) in [5, 5.41) is 9.37. The molecule has 0 aromatic carbocycles. The summed E-state index contributed by atoms with van der Waals surface area (Å²) in [6.45, 7) is 4.24. The van der Waals surface area contributed by atoms with E-state index in [0.29, 0.717) is 18.5 Å². The summed E-state index contributed by atoms with van der Waals surface area (Å²) in [7, 11) is -0.836. The summed E-state index contributed by atoms with van der Waals surface area (Å²) in [5.74, 6) is -0.139. The van der Waals surface area contributed by atoms with Crippen molar-refractivity contribution in [1.82, 2.24) is 15.5 Å². The summed E-state index contributed by atoms with van der Waals surface area (Å²) in [5.41, 5.74) is 1.31. The molecule has 0 aliphatic rings. The van der Waals surface area contributed by atoms with Gasteiger partial charge in [-0.2, -0.15) is 5.10 Å². The van der Waals surface area contributed by atoms with Crippen LogP contribution in [0.4, 0.5) is 0 Å². The molecule has 0 bridgehead atoms. The first kappa shape index (κ1) is 12.9. The van der Waals surface area contributed by atoms with Crippen molar-refractivity contribution < 1.29 is 9.00 Å². The molecule has 1 rings (SSSR count). The molecule has 0 radical (unpaired) electrons. The van der Waals surface area contributed by atoms with Crippen molar-refractivity contribution in [2.75, 3.05) is 12.8 Å². The number of carbonyl (C=O) groups is 1. The molecule has 1 heterocycles. The van der Waals surface area contributed by atoms with Gasteiger partial charge in [0.1, 0.15) is 0 Å². The number of nitrogens with one attached hydrogen (secondary N) is 2. The van der Waals surface area contributed by atoms with Crippen LogP contribution >= 0.6 is 0 Å². The van der Waals surface area contributed by atoms with E-state index in [4.69, 9.17) is 0 Å². The molecule has 0 fully saturated rings. The molecule has 16 heavy (non-hydrogen) atoms. The quantitative estimate of drug-likeness (QED) is 0.795. The molecular formula is C10H17N3O2S. The third-order valence-electron chi connectivity index (χ3n) is 2.48. The standard InChI is InChI=1S/C10H17N3O2S/c1-7(16(3)15)4-5-11-10(14)9-6-12-13-8(9)2/h6-7H,4-5H2,1-3H3,(H,11,14)(H,12,13). The highest BCUT2D eigenvalue weighted by Crippen LogP contribution is 2.02. The first-order valence-corrected chi connectivity index (χ1v) is 6.75. The molecule has 90 valence electrons. The number of amides is 1. The zero-order valence-corrected chi connectivity index (χ0v) is 10.6. The van der Waals surface area contributed by atoms with Crippen molar-refractivity contribution in [3.63, 3.8) is 0 Å². The number of rotatable bonds is 5. The van der Waals surface area contributed by atoms with Crippen LogP contribution in [-0.4, -0.2) is 38.4 Å². The minimum atomic E-state index is -0.836. The Morgan fingerprint density at radius 3 is 2.88 bits per heavy atom. The number of nitrogens with zero attached hydrogens (tertiary/aromatic N) is 1. The van der Waals surface area contributed by atoms with Crippen LogP contribution in [0, 0.1) is 6.92 Å². The Bertz CT molecular complexity index is 389. The molecule has 6 heteroatoms. The fourth-order valence-corrected chi connectivity index (χ4v) is 1.68. The van der Waals surface area contributed by atoms with Gasteiger partial charge in [0.05, 0.1) is 11.8 Å². The van der Waals surface area contributed by atoms with E-state index >= 15 is 0 Å². The van der Waals surface area contributed by atoms with E-state index in [1.165, 1.54) is 6.20 Å². The lowest BCUT2D eigenvalue weighted by Crippen LogP contribution is -2.27. The SMILES string of the molecule is Cc1[nH]ncc1C(=O)NCCC(C)S(C)=O. The van der Waals surface area contributed by atoms with E-state index in [-0.39, 0.29) is 11.2 Å². The van der Waals surface area contributed by atoms with E-state index in [0.717, 1.165) is 5.69 Å². The molecule has 2 atom stereocenters. The van der Waals surface area contributed by atoms with Crippen molar-refractivity contribution >= 4 is 16.7 Å². The monoisotopic (exact) mass is 243 g/mol. The van der Waals surface area contributed by atoms with E-state index in [1.54, 1.807) is 13.2 Å². The van der Waals surface area contributed by atoms with Gasteiger partial charge in [-0.05, 0) is 13.3 Å². The van der Waals surface area contributed by atoms with Crippen LogP contribution in [0.1, 0.15) is 29.4 Å². The largest absolute Gasteiger partial charge is 0.352 e. The van der Waals surface area contributed by atoms with Crippen molar-refractivity contribution in [3.8, 4) is 0 Å². The highest BCUT2D eigenvalue weighted by Gasteiger charge is 2.11. The average molecular weight is 243 g/mol. The van der Waals surface area contributed by atoms with Gasteiger partial charge in [-0.1, -0.05) is 6.92 Å². The molecule has 5 nitrogen and oxygen atoms in total. The van der Waals surface area contributed by atoms with Crippen molar-refractivity contribution in [2.24, 2.45) is 0 Å². The third-order valence-corrected chi connectivity index (χ3v) is 3.85. The third kappa shape index (κ3) is 3.44. The molecule has 1 aromatic heterocycles. The highest BCUT2D eigenvalue weighted by atomic mass is 32.2. The van der Waals surface area contributed by atoms with Gasteiger partial charge in [0.2, 0.25) is 0 Å². The Morgan fingerprint density at radius 1 is 1.69 bits per heavy atom. The minimum Gasteiger partial charge on any atom is -0.352 e. The van der Waals surface area contributed by atoms with Crippen molar-refractivity contribution in [2.45, 2.75) is 25.5 Å². The lowest BCUT2D eigenvalue weighted by molar-refractivity contribution is 0.0952. The molecule has 0 saturated carbocycles. The first-order chi connectivity index (χ1) is 7.52. The summed E-state index contributed by atoms with van der Waals surface area (Å²) in [6, 6.07) is 0. The Hall–Kier alpha value is -1.17. The molecule has 0 spiro atoms. The van der Waals surface area contributed by atoms with Crippen LogP contribution in [-0.2, 0) is 10.8 Å². The Morgan fingerprint density at radius 2 is 2.38 bits per heavy atom. The molecule has 2 unspecified atom stereocenters. The zero-order chi connectivity index (χ0) is 12.1. The lowest BCUT2D eigenvalue weighted by atomic mass is 10.2. The molecule has 0 aliphatic heterocycles. The Labute approximate surface area is 97.5 Å². The second-order valence-corrected chi connectivity index (χ2v) is 5.56. The van der Waals surface area contributed by atoms with Gasteiger partial charge >= 0.3 is 0 Å². The van der Waals surface area contributed by atoms with Crippen LogP contribution in [0.5, 0.6) is 0 Å². The smallest absolute Gasteiger partial charge is 0.254 e. The average Bonchev–Trinajstić information content (AvgIpc) is 2.64. The molecule has 1 aromatic rings. The van der Waals surface area contributed by atoms with Crippen LogP contribution in [0.3, 0.4) is 0 Å². The van der Waals surface area contributed by atoms with E-state index in [1.807, 2.05) is 6.92 Å². The number of hydrogen-bond donors (Lipinski definition) is 2. The Balaban J connectivity index is 2.37. The number of aryl methyl sites for hydroxylation is 1. The molecule has 0 saturated heterocycles. The summed E-state index contributed by atoms with van der Waals surface area (Å²) < 4.78 is 11.1. The second-order valence-electron chi connectivity index (χ2n) is 3.76. The predicted octanol–water partition coefficient (Wildman–Crippen LogP) is 0.605. The normalized spacial score (nSPS) is 14.4. The van der Waals surface area contributed by atoms with Crippen LogP contribution in [0.15, 0.2) is 6.20 Å². The van der Waals surface area contributed by atoms with Crippen LogP contribution in [0.2, 0.25) is 0 Å². The van der Waals surface area contributed by atoms with Gasteiger partial charge in [-0.3, -0.25) is 14.1 Å². The number of H-pyrrole nitrogens is 1. The van der Waals surface area contributed by atoms with E-state index < -0.39 is 10.8 Å². The fraction of sp³-hybridized carbons (Fsp3) is 0.600. The molecule has 0 aliphatic carbocycles. The predicted molar refractivity (Wildman–Crippen MR) is 63.8 cm³/mol. The van der Waals surface area contributed by atoms with Gasteiger partial charge in [0.15, 0.2) is 0 Å². The number of hydrogen-bond acceptors (Lipinski definition) is 3. The van der Waals surface area contributed by atoms with Gasteiger partial charge in [-0.15, -0.1) is 0 Å². The topological polar surface area (TPSA) is 74.8 Å². The number of aromatic nitrogens is 2. The summed E-state index contributed by atoms with van der Waals surface area (Å²) in [4.78, 5) is 11.6. The Kier molecular flexibility index (Phi) is 4.67. The fourth-order valence-electron chi connectivity index (χ4n) is 1.23. The van der Waals surface area contributed by atoms with Crippen molar-refractivity contribution in [1.29, 1.82) is 0 Å².